The summed E-state index contributed by atoms with van der Waals surface area (Å²) in [6.07, 6.45) is 3.33. The Kier molecular flexibility index (Phi) is 6.69. The number of fused-ring (bicyclic) bond motifs is 1. The highest BCUT2D eigenvalue weighted by atomic mass is 32.2. The molecule has 1 unspecified atom stereocenters. The fourth-order valence-corrected chi connectivity index (χ4v) is 5.19. The number of aromatic nitrogens is 1. The summed E-state index contributed by atoms with van der Waals surface area (Å²) in [6.45, 7) is 2.94. The summed E-state index contributed by atoms with van der Waals surface area (Å²) >= 11 is 2.78. The number of benzene rings is 2. The first-order valence-electron chi connectivity index (χ1n) is 10.2. The van der Waals surface area contributed by atoms with Crippen LogP contribution >= 0.6 is 23.1 Å². The summed E-state index contributed by atoms with van der Waals surface area (Å²) in [5.41, 5.74) is 1.88. The fraction of sp³-hybridized carbons (Fsp3) is 0.348. The van der Waals surface area contributed by atoms with Crippen molar-refractivity contribution in [2.45, 2.75) is 32.2 Å². The number of carbonyl (C=O) groups excluding carboxylic acids is 2. The highest BCUT2D eigenvalue weighted by Crippen LogP contribution is 2.28. The van der Waals surface area contributed by atoms with Crippen molar-refractivity contribution in [1.82, 2.24) is 9.88 Å². The first-order chi connectivity index (χ1) is 14.6. The molecule has 30 heavy (non-hydrogen) atoms. The van der Waals surface area contributed by atoms with Crippen molar-refractivity contribution in [3.05, 3.63) is 47.8 Å². The molecule has 2 heterocycles. The lowest BCUT2D eigenvalue weighted by Crippen LogP contribution is -2.43. The molecule has 2 aromatic carbocycles. The monoisotopic (exact) mass is 439 g/mol. The standard InChI is InChI=1S/C23H25N3O2S2/c1-16-6-4-5-11-26(16)22(28)15-29-14-21(27)25-23-24-20(13-30-23)19-10-9-17-7-2-3-8-18(17)12-19/h2-3,7-10,12-13,16H,4-6,11,14-15H2,1H3,(H,24,25,27). The molecule has 0 saturated carbocycles. The zero-order valence-electron chi connectivity index (χ0n) is 17.0. The second-order valence-electron chi connectivity index (χ2n) is 7.57. The average Bonchev–Trinajstić information content (AvgIpc) is 3.22. The molecule has 4 rings (SSSR count). The highest BCUT2D eigenvalue weighted by molar-refractivity contribution is 8.00. The molecule has 0 aliphatic carbocycles. The van der Waals surface area contributed by atoms with Crippen molar-refractivity contribution in [3.63, 3.8) is 0 Å². The molecule has 3 aromatic rings. The van der Waals surface area contributed by atoms with Crippen LogP contribution in [-0.2, 0) is 9.59 Å². The Bertz CT molecular complexity index is 1050. The lowest BCUT2D eigenvalue weighted by Gasteiger charge is -2.33. The second-order valence-corrected chi connectivity index (χ2v) is 9.42. The van der Waals surface area contributed by atoms with Crippen LogP contribution in [0.3, 0.4) is 0 Å². The van der Waals surface area contributed by atoms with Crippen molar-refractivity contribution in [2.24, 2.45) is 0 Å². The van der Waals surface area contributed by atoms with E-state index in [0.29, 0.717) is 16.9 Å². The summed E-state index contributed by atoms with van der Waals surface area (Å²) in [5.74, 6) is 0.600. The average molecular weight is 440 g/mol. The van der Waals surface area contributed by atoms with Gasteiger partial charge in [-0.25, -0.2) is 4.98 Å². The number of piperidine rings is 1. The molecule has 156 valence electrons. The smallest absolute Gasteiger partial charge is 0.236 e. The summed E-state index contributed by atoms with van der Waals surface area (Å²) in [7, 11) is 0. The Balaban J connectivity index is 1.29. The van der Waals surface area contributed by atoms with Crippen molar-refractivity contribution in [3.8, 4) is 11.3 Å². The van der Waals surface area contributed by atoms with Gasteiger partial charge in [-0.3, -0.25) is 9.59 Å². The number of carbonyl (C=O) groups is 2. The molecule has 1 fully saturated rings. The van der Waals surface area contributed by atoms with Crippen molar-refractivity contribution < 1.29 is 9.59 Å². The molecule has 5 nitrogen and oxygen atoms in total. The molecule has 0 spiro atoms. The molecule has 1 N–H and O–H groups in total. The van der Waals surface area contributed by atoms with Crippen LogP contribution in [0.5, 0.6) is 0 Å². The molecule has 1 aliphatic heterocycles. The quantitative estimate of drug-likeness (QED) is 0.585. The fourth-order valence-electron chi connectivity index (χ4n) is 3.75. The molecule has 2 amide bonds. The maximum atomic E-state index is 12.4. The summed E-state index contributed by atoms with van der Waals surface area (Å²) in [6, 6.07) is 14.8. The van der Waals surface area contributed by atoms with Gasteiger partial charge in [0.15, 0.2) is 5.13 Å². The third-order valence-corrected chi connectivity index (χ3v) is 7.05. The Morgan fingerprint density at radius 3 is 2.83 bits per heavy atom. The van der Waals surface area contributed by atoms with E-state index in [1.165, 1.54) is 34.9 Å². The molecule has 1 aliphatic rings. The van der Waals surface area contributed by atoms with Crippen LogP contribution in [-0.4, -0.2) is 45.8 Å². The molecule has 1 aromatic heterocycles. The van der Waals surface area contributed by atoms with E-state index in [0.717, 1.165) is 36.0 Å². The number of thioether (sulfide) groups is 1. The van der Waals surface area contributed by atoms with Gasteiger partial charge in [0.25, 0.3) is 0 Å². The summed E-state index contributed by atoms with van der Waals surface area (Å²) in [5, 5.41) is 7.74. The van der Waals surface area contributed by atoms with Gasteiger partial charge in [-0.05, 0) is 43.0 Å². The Morgan fingerprint density at radius 2 is 2.00 bits per heavy atom. The van der Waals surface area contributed by atoms with Crippen molar-refractivity contribution >= 4 is 50.8 Å². The minimum absolute atomic E-state index is 0.126. The third-order valence-electron chi connectivity index (χ3n) is 5.38. The Morgan fingerprint density at radius 1 is 1.17 bits per heavy atom. The van der Waals surface area contributed by atoms with Crippen LogP contribution < -0.4 is 5.32 Å². The van der Waals surface area contributed by atoms with Gasteiger partial charge in [-0.2, -0.15) is 0 Å². The third kappa shape index (κ3) is 5.02. The number of rotatable bonds is 6. The zero-order valence-corrected chi connectivity index (χ0v) is 18.6. The molecule has 0 bridgehead atoms. The summed E-state index contributed by atoms with van der Waals surface area (Å²) < 4.78 is 0. The molecular formula is C23H25N3O2S2. The van der Waals surface area contributed by atoms with Crippen molar-refractivity contribution in [2.75, 3.05) is 23.4 Å². The van der Waals surface area contributed by atoms with Crippen LogP contribution in [0.1, 0.15) is 26.2 Å². The van der Waals surface area contributed by atoms with Gasteiger partial charge in [0.05, 0.1) is 17.2 Å². The van der Waals surface area contributed by atoms with Crippen molar-refractivity contribution in [1.29, 1.82) is 0 Å². The first-order valence-corrected chi connectivity index (χ1v) is 12.3. The van der Waals surface area contributed by atoms with Gasteiger partial charge in [0.2, 0.25) is 11.8 Å². The maximum absolute atomic E-state index is 12.4. The van der Waals surface area contributed by atoms with E-state index in [4.69, 9.17) is 0 Å². The van der Waals surface area contributed by atoms with E-state index in [1.54, 1.807) is 0 Å². The number of nitrogens with one attached hydrogen (secondary N) is 1. The number of anilines is 1. The maximum Gasteiger partial charge on any atom is 0.236 e. The van der Waals surface area contributed by atoms with Crippen LogP contribution in [0, 0.1) is 0 Å². The molecule has 0 radical (unpaired) electrons. The van der Waals surface area contributed by atoms with Crippen LogP contribution in [0.15, 0.2) is 47.8 Å². The number of nitrogens with zero attached hydrogens (tertiary/aromatic N) is 2. The van der Waals surface area contributed by atoms with Crippen LogP contribution in [0.2, 0.25) is 0 Å². The molecule has 7 heteroatoms. The number of amides is 2. The van der Waals surface area contributed by atoms with E-state index in [-0.39, 0.29) is 17.6 Å². The molecule has 1 atom stereocenters. The van der Waals surface area contributed by atoms with Crippen LogP contribution in [0.4, 0.5) is 5.13 Å². The van der Waals surface area contributed by atoms with Gasteiger partial charge in [0, 0.05) is 23.5 Å². The number of likely N-dealkylation sites (tertiary alicyclic amines) is 1. The van der Waals surface area contributed by atoms with E-state index in [1.807, 2.05) is 28.5 Å². The Hall–Kier alpha value is -2.38. The Labute approximate surface area is 184 Å². The highest BCUT2D eigenvalue weighted by Gasteiger charge is 2.23. The van der Waals surface area contributed by atoms with Crippen LogP contribution in [0.25, 0.3) is 22.0 Å². The largest absolute Gasteiger partial charge is 0.339 e. The minimum Gasteiger partial charge on any atom is -0.339 e. The van der Waals surface area contributed by atoms with Gasteiger partial charge in [0.1, 0.15) is 0 Å². The normalized spacial score (nSPS) is 16.6. The minimum atomic E-state index is -0.126. The topological polar surface area (TPSA) is 62.3 Å². The van der Waals surface area contributed by atoms with E-state index < -0.39 is 0 Å². The number of thiazole rings is 1. The van der Waals surface area contributed by atoms with E-state index in [2.05, 4.69) is 41.5 Å². The number of hydrogen-bond donors (Lipinski definition) is 1. The van der Waals surface area contributed by atoms with Gasteiger partial charge < -0.3 is 10.2 Å². The zero-order chi connectivity index (χ0) is 20.9. The lowest BCUT2D eigenvalue weighted by atomic mass is 10.0. The van der Waals surface area contributed by atoms with E-state index in [9.17, 15) is 9.59 Å². The molecular weight excluding hydrogens is 414 g/mol. The predicted molar refractivity (Wildman–Crippen MR) is 126 cm³/mol. The molecule has 1 saturated heterocycles. The van der Waals surface area contributed by atoms with Gasteiger partial charge in [-0.15, -0.1) is 23.1 Å². The van der Waals surface area contributed by atoms with Gasteiger partial charge in [-0.1, -0.05) is 36.4 Å². The number of hydrogen-bond acceptors (Lipinski definition) is 5. The first kappa shape index (κ1) is 20.9. The van der Waals surface area contributed by atoms with E-state index >= 15 is 0 Å². The lowest BCUT2D eigenvalue weighted by molar-refractivity contribution is -0.131. The summed E-state index contributed by atoms with van der Waals surface area (Å²) in [4.78, 5) is 31.1. The SMILES string of the molecule is CC1CCCCN1C(=O)CSCC(=O)Nc1nc(-c2ccc3ccccc3c2)cs1. The predicted octanol–water partition coefficient (Wildman–Crippen LogP) is 5.04. The van der Waals surface area contributed by atoms with Gasteiger partial charge >= 0.3 is 0 Å². The second kappa shape index (κ2) is 9.62.